The highest BCUT2D eigenvalue weighted by atomic mass is 19.1. The van der Waals surface area contributed by atoms with Crippen LogP contribution in [0.5, 0.6) is 0 Å². The van der Waals surface area contributed by atoms with Gasteiger partial charge in [-0.1, -0.05) is 30.3 Å². The Morgan fingerprint density at radius 3 is 2.28 bits per heavy atom. The van der Waals surface area contributed by atoms with Gasteiger partial charge >= 0.3 is 18.3 Å². The highest BCUT2D eigenvalue weighted by molar-refractivity contribution is 5.90. The van der Waals surface area contributed by atoms with Crippen molar-refractivity contribution >= 4 is 29.7 Å². The maximum Gasteiger partial charge on any atom is 0.429 e. The number of rotatable bonds is 5. The smallest absolute Gasteiger partial charge is 0.429 e. The van der Waals surface area contributed by atoms with E-state index in [2.05, 4.69) is 0 Å². The molecule has 4 rings (SSSR count). The fraction of sp³-hybridized carbons (Fsp3) is 0.444. The molecule has 2 aliphatic rings. The van der Waals surface area contributed by atoms with Crippen molar-refractivity contribution in [3.8, 4) is 0 Å². The van der Waals surface area contributed by atoms with Crippen LogP contribution in [0, 0.1) is 5.82 Å². The Labute approximate surface area is 226 Å². The first-order valence-corrected chi connectivity index (χ1v) is 12.8. The molecule has 3 amide bonds. The number of hydrogen-bond acceptors (Lipinski definition) is 8. The molecule has 2 fully saturated rings. The summed E-state index contributed by atoms with van der Waals surface area (Å²) in [5, 5.41) is 2.38. The summed E-state index contributed by atoms with van der Waals surface area (Å²) in [5.41, 5.74) is 6.23. The highest BCUT2D eigenvalue weighted by Gasteiger charge is 2.35. The second kappa shape index (κ2) is 11.8. The first-order chi connectivity index (χ1) is 18.6. The number of ether oxygens (including phenoxy) is 3. The van der Waals surface area contributed by atoms with Crippen molar-refractivity contribution in [1.82, 2.24) is 10.0 Å². The van der Waals surface area contributed by atoms with Gasteiger partial charge in [0, 0.05) is 19.6 Å². The van der Waals surface area contributed by atoms with Crippen LogP contribution in [0.15, 0.2) is 48.5 Å². The van der Waals surface area contributed by atoms with Crippen molar-refractivity contribution in [1.29, 1.82) is 0 Å². The van der Waals surface area contributed by atoms with Crippen molar-refractivity contribution in [2.75, 3.05) is 49.1 Å². The van der Waals surface area contributed by atoms with Gasteiger partial charge in [-0.2, -0.15) is 0 Å². The van der Waals surface area contributed by atoms with Crippen LogP contribution in [0.1, 0.15) is 26.3 Å². The number of hydrazine groups is 1. The third-order valence-corrected chi connectivity index (χ3v) is 6.20. The number of benzene rings is 2. The number of carbonyl (C=O) groups excluding carboxylic acids is 3. The van der Waals surface area contributed by atoms with Gasteiger partial charge in [-0.25, -0.2) is 28.8 Å². The molecule has 2 saturated heterocycles. The van der Waals surface area contributed by atoms with Gasteiger partial charge in [-0.15, -0.1) is 0 Å². The lowest BCUT2D eigenvalue weighted by atomic mass is 10.2. The summed E-state index contributed by atoms with van der Waals surface area (Å²) in [6, 6.07) is 13.6. The van der Waals surface area contributed by atoms with Crippen LogP contribution in [0.3, 0.4) is 0 Å². The molecule has 0 aliphatic carbocycles. The number of halogens is 1. The van der Waals surface area contributed by atoms with Gasteiger partial charge in [0.25, 0.3) is 0 Å². The number of nitrogens with two attached hydrogens (primary N) is 1. The largest absolute Gasteiger partial charge is 0.443 e. The predicted molar refractivity (Wildman–Crippen MR) is 142 cm³/mol. The molecule has 2 N–H and O–H groups in total. The third kappa shape index (κ3) is 6.88. The lowest BCUT2D eigenvalue weighted by Gasteiger charge is -2.33. The maximum absolute atomic E-state index is 15.3. The normalized spacial score (nSPS) is 18.1. The van der Waals surface area contributed by atoms with Gasteiger partial charge in [0.2, 0.25) is 0 Å². The van der Waals surface area contributed by atoms with Crippen LogP contribution in [-0.4, -0.2) is 79.3 Å². The Balaban J connectivity index is 1.50. The Hall–Kier alpha value is -4.06. The Morgan fingerprint density at radius 1 is 1.03 bits per heavy atom. The average molecular weight is 544 g/mol. The molecule has 1 atom stereocenters. The summed E-state index contributed by atoms with van der Waals surface area (Å²) in [6.07, 6.45) is -2.45. The van der Waals surface area contributed by atoms with Crippen molar-refractivity contribution in [3.63, 3.8) is 0 Å². The van der Waals surface area contributed by atoms with E-state index in [0.29, 0.717) is 5.69 Å². The molecular formula is C27H34FN5O6. The molecule has 2 aliphatic heterocycles. The van der Waals surface area contributed by atoms with E-state index in [9.17, 15) is 14.4 Å². The van der Waals surface area contributed by atoms with E-state index in [4.69, 9.17) is 19.9 Å². The molecule has 2 heterocycles. The van der Waals surface area contributed by atoms with Gasteiger partial charge in [0.05, 0.1) is 31.0 Å². The molecule has 2 aromatic carbocycles. The van der Waals surface area contributed by atoms with Gasteiger partial charge in [0.15, 0.2) is 0 Å². The quantitative estimate of drug-likeness (QED) is 0.567. The minimum Gasteiger partial charge on any atom is -0.443 e. The Kier molecular flexibility index (Phi) is 8.44. The molecule has 210 valence electrons. The molecule has 0 unspecified atom stereocenters. The summed E-state index contributed by atoms with van der Waals surface area (Å²) in [6.45, 7) is 6.18. The van der Waals surface area contributed by atoms with E-state index in [1.807, 2.05) is 30.3 Å². The van der Waals surface area contributed by atoms with Crippen LogP contribution >= 0.6 is 0 Å². The molecule has 2 aromatic rings. The lowest BCUT2D eigenvalue weighted by molar-refractivity contribution is -0.0421. The second-order valence-corrected chi connectivity index (χ2v) is 10.2. The number of carbonyl (C=O) groups is 3. The summed E-state index contributed by atoms with van der Waals surface area (Å²) < 4.78 is 31.5. The van der Waals surface area contributed by atoms with Gasteiger partial charge in [0.1, 0.15) is 24.1 Å². The third-order valence-electron chi connectivity index (χ3n) is 6.20. The molecule has 39 heavy (non-hydrogen) atoms. The summed E-state index contributed by atoms with van der Waals surface area (Å²) >= 11 is 0. The van der Waals surface area contributed by atoms with Crippen LogP contribution in [0.4, 0.5) is 30.1 Å². The number of nitrogens with zero attached hydrogens (tertiary/aromatic N) is 4. The zero-order chi connectivity index (χ0) is 28.2. The van der Waals surface area contributed by atoms with Crippen molar-refractivity contribution < 1.29 is 33.0 Å². The van der Waals surface area contributed by atoms with E-state index in [0.717, 1.165) is 5.56 Å². The number of anilines is 2. The summed E-state index contributed by atoms with van der Waals surface area (Å²) in [4.78, 5) is 41.3. The molecular weight excluding hydrogens is 509 g/mol. The Bertz CT molecular complexity index is 1190. The van der Waals surface area contributed by atoms with E-state index >= 15 is 4.39 Å². The van der Waals surface area contributed by atoms with Gasteiger partial charge < -0.3 is 24.8 Å². The number of cyclic esters (lactones) is 1. The zero-order valence-electron chi connectivity index (χ0n) is 22.3. The van der Waals surface area contributed by atoms with E-state index < -0.39 is 35.8 Å². The average Bonchev–Trinajstić information content (AvgIpc) is 3.13. The minimum atomic E-state index is -0.787. The van der Waals surface area contributed by atoms with E-state index in [1.54, 1.807) is 37.8 Å². The Morgan fingerprint density at radius 2 is 1.69 bits per heavy atom. The lowest BCUT2D eigenvalue weighted by Crippen LogP contribution is -2.52. The number of amides is 3. The van der Waals surface area contributed by atoms with Crippen molar-refractivity contribution in [3.05, 3.63) is 59.9 Å². The minimum absolute atomic E-state index is 0.0298. The molecule has 12 heteroatoms. The first-order valence-electron chi connectivity index (χ1n) is 12.8. The first kappa shape index (κ1) is 28.0. The second-order valence-electron chi connectivity index (χ2n) is 10.2. The molecule has 0 aromatic heterocycles. The molecule has 0 spiro atoms. The van der Waals surface area contributed by atoms with E-state index in [1.165, 1.54) is 21.0 Å². The van der Waals surface area contributed by atoms with Crippen LogP contribution < -0.4 is 15.5 Å². The maximum atomic E-state index is 15.3. The standard InChI is InChI=1S/C27H34FN5O6/c1-27(2,3)39-26(36)33-14-12-30(11-13-32(33)25(35)37-18-19-7-5-4-6-8-19)23-10-9-20(15-22(23)28)31-17-21(16-29)38-24(31)34/h4-10,15,21H,11-14,16-18,29H2,1-3H3/t21-/m0/s1. The van der Waals surface area contributed by atoms with Gasteiger partial charge in [-0.3, -0.25) is 4.90 Å². The predicted octanol–water partition coefficient (Wildman–Crippen LogP) is 3.72. The van der Waals surface area contributed by atoms with E-state index in [-0.39, 0.29) is 51.6 Å². The van der Waals surface area contributed by atoms with Crippen LogP contribution in [0.25, 0.3) is 0 Å². The molecule has 0 bridgehead atoms. The fourth-order valence-electron chi connectivity index (χ4n) is 4.29. The monoisotopic (exact) mass is 543 g/mol. The number of hydrogen-bond donors (Lipinski definition) is 1. The summed E-state index contributed by atoms with van der Waals surface area (Å²) in [5.74, 6) is -0.555. The molecule has 0 saturated carbocycles. The van der Waals surface area contributed by atoms with Crippen molar-refractivity contribution in [2.45, 2.75) is 39.1 Å². The SMILES string of the molecule is CC(C)(C)OC(=O)N1CCN(c2ccc(N3C[C@H](CN)OC3=O)cc2F)CCN1C(=O)OCc1ccccc1. The molecule has 11 nitrogen and oxygen atoms in total. The zero-order valence-corrected chi connectivity index (χ0v) is 22.3. The molecule has 0 radical (unpaired) electrons. The van der Waals surface area contributed by atoms with Crippen LogP contribution in [0.2, 0.25) is 0 Å². The topological polar surface area (TPSA) is 118 Å². The summed E-state index contributed by atoms with van der Waals surface area (Å²) in [7, 11) is 0. The van der Waals surface area contributed by atoms with Gasteiger partial charge in [-0.05, 0) is 44.5 Å². The highest BCUT2D eigenvalue weighted by Crippen LogP contribution is 2.29. The fourth-order valence-corrected chi connectivity index (χ4v) is 4.29. The van der Waals surface area contributed by atoms with Crippen molar-refractivity contribution in [2.24, 2.45) is 5.73 Å². The van der Waals surface area contributed by atoms with Crippen LogP contribution in [-0.2, 0) is 20.8 Å².